The molecule has 1 aliphatic carbocycles. The van der Waals surface area contributed by atoms with Crippen LogP contribution >= 0.6 is 0 Å². The monoisotopic (exact) mass is 354 g/mol. The maximum atomic E-state index is 12.4. The van der Waals surface area contributed by atoms with E-state index in [4.69, 9.17) is 4.74 Å². The van der Waals surface area contributed by atoms with E-state index < -0.39 is 11.5 Å². The van der Waals surface area contributed by atoms with Crippen LogP contribution in [0.3, 0.4) is 0 Å². The van der Waals surface area contributed by atoms with E-state index in [-0.39, 0.29) is 23.9 Å². The predicted molar refractivity (Wildman–Crippen MR) is 97.2 cm³/mol. The third kappa shape index (κ3) is 2.95. The fourth-order valence-corrected chi connectivity index (χ4v) is 3.81. The summed E-state index contributed by atoms with van der Waals surface area (Å²) in [5.41, 5.74) is 0.512. The Morgan fingerprint density at radius 1 is 1.15 bits per heavy atom. The predicted octanol–water partition coefficient (Wildman–Crippen LogP) is 2.23. The average molecular weight is 354 g/mol. The first-order chi connectivity index (χ1) is 12.6. The van der Waals surface area contributed by atoms with Gasteiger partial charge in [-0.15, -0.1) is 0 Å². The highest BCUT2D eigenvalue weighted by atomic mass is 16.5. The standard InChI is InChI=1S/C20H22N2O4/c23-15-6-9-20(10-7-15)13-21-22-11-8-16(24)18(17(22)19(20)25)26-12-14-4-2-1-3-5-14/h1-5,8,11,13,15,19,23,25H,6-7,9-10,12H2. The summed E-state index contributed by atoms with van der Waals surface area (Å²) in [6.45, 7) is 0.245. The Morgan fingerprint density at radius 2 is 1.88 bits per heavy atom. The maximum Gasteiger partial charge on any atom is 0.223 e. The third-order valence-corrected chi connectivity index (χ3v) is 5.43. The van der Waals surface area contributed by atoms with Gasteiger partial charge in [0.25, 0.3) is 0 Å². The summed E-state index contributed by atoms with van der Waals surface area (Å²) in [4.78, 5) is 12.4. The minimum Gasteiger partial charge on any atom is -0.483 e. The van der Waals surface area contributed by atoms with Crippen molar-refractivity contribution in [1.29, 1.82) is 0 Å². The normalized spacial score (nSPS) is 27.3. The van der Waals surface area contributed by atoms with Gasteiger partial charge in [-0.2, -0.15) is 5.10 Å². The van der Waals surface area contributed by atoms with Crippen LogP contribution in [-0.4, -0.2) is 27.2 Å². The van der Waals surface area contributed by atoms with Crippen LogP contribution in [0.25, 0.3) is 0 Å². The molecule has 1 fully saturated rings. The molecule has 6 nitrogen and oxygen atoms in total. The molecule has 0 radical (unpaired) electrons. The number of aliphatic hydroxyl groups is 2. The lowest BCUT2D eigenvalue weighted by molar-refractivity contribution is 0.00145. The van der Waals surface area contributed by atoms with Crippen molar-refractivity contribution in [2.45, 2.75) is 44.5 Å². The van der Waals surface area contributed by atoms with Crippen LogP contribution in [0, 0.1) is 5.41 Å². The highest BCUT2D eigenvalue weighted by Gasteiger charge is 2.45. The summed E-state index contributed by atoms with van der Waals surface area (Å²) in [7, 11) is 0. The minimum absolute atomic E-state index is 0.145. The summed E-state index contributed by atoms with van der Waals surface area (Å²) >= 11 is 0. The lowest BCUT2D eigenvalue weighted by atomic mass is 9.69. The molecule has 6 heteroatoms. The Labute approximate surface area is 151 Å². The third-order valence-electron chi connectivity index (χ3n) is 5.43. The summed E-state index contributed by atoms with van der Waals surface area (Å²) < 4.78 is 7.35. The fourth-order valence-electron chi connectivity index (χ4n) is 3.81. The molecular formula is C20H22N2O4. The van der Waals surface area contributed by atoms with Crippen LogP contribution in [0.15, 0.2) is 52.5 Å². The Morgan fingerprint density at radius 3 is 2.62 bits per heavy atom. The zero-order chi connectivity index (χ0) is 18.1. The van der Waals surface area contributed by atoms with Crippen molar-refractivity contribution in [2.24, 2.45) is 10.5 Å². The molecule has 1 aromatic carbocycles. The van der Waals surface area contributed by atoms with Gasteiger partial charge < -0.3 is 14.9 Å². The van der Waals surface area contributed by atoms with Crippen LogP contribution in [0.1, 0.15) is 43.0 Å². The van der Waals surface area contributed by atoms with Gasteiger partial charge in [0, 0.05) is 23.9 Å². The highest BCUT2D eigenvalue weighted by molar-refractivity contribution is 5.69. The zero-order valence-electron chi connectivity index (χ0n) is 14.4. The molecule has 136 valence electrons. The van der Waals surface area contributed by atoms with E-state index in [1.807, 2.05) is 30.3 Å². The Bertz CT molecular complexity index is 867. The van der Waals surface area contributed by atoms with Crippen molar-refractivity contribution >= 4 is 6.21 Å². The number of benzene rings is 1. The van der Waals surface area contributed by atoms with E-state index in [0.29, 0.717) is 31.4 Å². The largest absolute Gasteiger partial charge is 0.483 e. The van der Waals surface area contributed by atoms with Gasteiger partial charge in [0.15, 0.2) is 5.75 Å². The van der Waals surface area contributed by atoms with E-state index in [9.17, 15) is 15.0 Å². The Hall–Kier alpha value is -2.44. The zero-order valence-corrected chi connectivity index (χ0v) is 14.4. The Kier molecular flexibility index (Phi) is 4.38. The van der Waals surface area contributed by atoms with Crippen LogP contribution in [0.5, 0.6) is 5.75 Å². The molecule has 26 heavy (non-hydrogen) atoms. The van der Waals surface area contributed by atoms with E-state index in [0.717, 1.165) is 5.56 Å². The molecule has 4 rings (SSSR count). The number of hydrogen-bond acceptors (Lipinski definition) is 5. The van der Waals surface area contributed by atoms with E-state index in [1.54, 1.807) is 12.4 Å². The number of hydrogen-bond donors (Lipinski definition) is 2. The summed E-state index contributed by atoms with van der Waals surface area (Å²) in [6.07, 6.45) is 4.56. The Balaban J connectivity index is 1.68. The number of ether oxygens (including phenoxy) is 1. The molecule has 0 saturated heterocycles. The lowest BCUT2D eigenvalue weighted by Gasteiger charge is -2.42. The van der Waals surface area contributed by atoms with Crippen molar-refractivity contribution < 1.29 is 14.9 Å². The quantitative estimate of drug-likeness (QED) is 0.885. The lowest BCUT2D eigenvalue weighted by Crippen LogP contribution is -2.40. The SMILES string of the molecule is O=c1ccn2c(c1OCc1ccccc1)C(O)C1(C=N2)CCC(O)CC1. The molecular weight excluding hydrogens is 332 g/mol. The van der Waals surface area contributed by atoms with E-state index in [2.05, 4.69) is 5.10 Å². The molecule has 2 heterocycles. The molecule has 1 atom stereocenters. The second-order valence-corrected chi connectivity index (χ2v) is 7.12. The number of aliphatic hydroxyl groups excluding tert-OH is 2. The van der Waals surface area contributed by atoms with E-state index >= 15 is 0 Å². The van der Waals surface area contributed by atoms with Crippen LogP contribution in [0.4, 0.5) is 0 Å². The molecule has 1 spiro atoms. The molecule has 0 bridgehead atoms. The topological polar surface area (TPSA) is 84.0 Å². The average Bonchev–Trinajstić information content (AvgIpc) is 2.67. The molecule has 1 aliphatic heterocycles. The number of pyridine rings is 1. The van der Waals surface area contributed by atoms with Crippen LogP contribution < -0.4 is 10.2 Å². The minimum atomic E-state index is -0.896. The van der Waals surface area contributed by atoms with Gasteiger partial charge in [-0.25, -0.2) is 4.68 Å². The first kappa shape index (κ1) is 17.0. The van der Waals surface area contributed by atoms with Gasteiger partial charge in [0.05, 0.1) is 6.10 Å². The first-order valence-corrected chi connectivity index (χ1v) is 8.93. The van der Waals surface area contributed by atoms with Gasteiger partial charge in [0.2, 0.25) is 5.43 Å². The summed E-state index contributed by atoms with van der Waals surface area (Å²) in [6, 6.07) is 11.0. The summed E-state index contributed by atoms with van der Waals surface area (Å²) in [5.74, 6) is 0.145. The summed E-state index contributed by atoms with van der Waals surface area (Å²) in [5, 5.41) is 25.4. The highest BCUT2D eigenvalue weighted by Crippen LogP contribution is 2.48. The van der Waals surface area contributed by atoms with E-state index in [1.165, 1.54) is 10.7 Å². The van der Waals surface area contributed by atoms with Gasteiger partial charge in [0.1, 0.15) is 18.4 Å². The first-order valence-electron chi connectivity index (χ1n) is 8.93. The molecule has 0 amide bonds. The number of nitrogens with zero attached hydrogens (tertiary/aromatic N) is 2. The smallest absolute Gasteiger partial charge is 0.223 e. The molecule has 1 saturated carbocycles. The van der Waals surface area contributed by atoms with Gasteiger partial charge in [-0.1, -0.05) is 30.3 Å². The molecule has 1 aromatic heterocycles. The molecule has 2 N–H and O–H groups in total. The van der Waals surface area contributed by atoms with Crippen LogP contribution in [-0.2, 0) is 6.61 Å². The van der Waals surface area contributed by atoms with Crippen LogP contribution in [0.2, 0.25) is 0 Å². The fraction of sp³-hybridized carbons (Fsp3) is 0.400. The molecule has 1 unspecified atom stereocenters. The molecule has 2 aliphatic rings. The number of aromatic nitrogens is 1. The second-order valence-electron chi connectivity index (χ2n) is 7.12. The van der Waals surface area contributed by atoms with Crippen molar-refractivity contribution in [3.05, 3.63) is 64.1 Å². The maximum absolute atomic E-state index is 12.4. The van der Waals surface area contributed by atoms with Gasteiger partial charge in [-0.05, 0) is 31.2 Å². The second kappa shape index (κ2) is 6.70. The van der Waals surface area contributed by atoms with Crippen molar-refractivity contribution in [2.75, 3.05) is 0 Å². The number of rotatable bonds is 3. The number of fused-ring (bicyclic) bond motifs is 1. The van der Waals surface area contributed by atoms with Crippen molar-refractivity contribution in [3.63, 3.8) is 0 Å². The van der Waals surface area contributed by atoms with Crippen molar-refractivity contribution in [3.8, 4) is 5.75 Å². The van der Waals surface area contributed by atoms with Gasteiger partial charge >= 0.3 is 0 Å². The molecule has 2 aromatic rings. The van der Waals surface area contributed by atoms with Gasteiger partial charge in [-0.3, -0.25) is 4.79 Å². The van der Waals surface area contributed by atoms with Crippen molar-refractivity contribution in [1.82, 2.24) is 4.68 Å².